The fourth-order valence-corrected chi connectivity index (χ4v) is 5.91. The van der Waals surface area contributed by atoms with Crippen LogP contribution in [0.25, 0.3) is 0 Å². The van der Waals surface area contributed by atoms with Gasteiger partial charge >= 0.3 is 5.97 Å². The zero-order valence-corrected chi connectivity index (χ0v) is 15.1. The Morgan fingerprint density at radius 1 is 1.08 bits per heavy atom. The maximum atomic E-state index is 12.9. The van der Waals surface area contributed by atoms with E-state index < -0.39 is 29.8 Å². The molecule has 3 heterocycles. The first-order chi connectivity index (χ1) is 12.5. The van der Waals surface area contributed by atoms with Crippen molar-refractivity contribution in [2.45, 2.75) is 57.2 Å². The Hall–Kier alpha value is -1.93. The van der Waals surface area contributed by atoms with Crippen molar-refractivity contribution >= 4 is 34.1 Å². The van der Waals surface area contributed by atoms with Crippen LogP contribution in [0.1, 0.15) is 52.9 Å². The molecule has 140 valence electrons. The Bertz CT molecular complexity index is 774. The summed E-state index contributed by atoms with van der Waals surface area (Å²) in [4.78, 5) is 37.6. The van der Waals surface area contributed by atoms with Crippen LogP contribution in [0, 0.1) is 11.8 Å². The van der Waals surface area contributed by atoms with E-state index in [1.807, 2.05) is 0 Å². The molecule has 0 saturated carbocycles. The Kier molecular flexibility index (Phi) is 4.48. The van der Waals surface area contributed by atoms with Gasteiger partial charge in [-0.3, -0.25) is 14.4 Å². The molecule has 26 heavy (non-hydrogen) atoms. The molecule has 0 radical (unpaired) electrons. The second kappa shape index (κ2) is 6.66. The first kappa shape index (κ1) is 17.5. The van der Waals surface area contributed by atoms with Crippen molar-refractivity contribution in [3.05, 3.63) is 16.0 Å². The summed E-state index contributed by atoms with van der Waals surface area (Å²) in [6, 6.07) is 0. The lowest BCUT2D eigenvalue weighted by atomic mass is 9.78. The zero-order valence-electron chi connectivity index (χ0n) is 14.3. The highest BCUT2D eigenvalue weighted by atomic mass is 32.1. The summed E-state index contributed by atoms with van der Waals surface area (Å²) in [6.07, 6.45) is 5.44. The third-order valence-corrected chi connectivity index (χ3v) is 6.97. The summed E-state index contributed by atoms with van der Waals surface area (Å²) in [7, 11) is 0. The smallest absolute Gasteiger partial charge is 0.310 e. The molecule has 4 N–H and O–H groups in total. The monoisotopic (exact) mass is 378 g/mol. The number of carbonyl (C=O) groups excluding carboxylic acids is 2. The summed E-state index contributed by atoms with van der Waals surface area (Å²) in [6.45, 7) is 0. The van der Waals surface area contributed by atoms with Crippen LogP contribution in [0.4, 0.5) is 5.00 Å². The number of fused-ring (bicyclic) bond motifs is 3. The van der Waals surface area contributed by atoms with Crippen LogP contribution in [0.2, 0.25) is 0 Å². The van der Waals surface area contributed by atoms with Gasteiger partial charge in [0.1, 0.15) is 5.00 Å². The number of nitrogens with one attached hydrogen (secondary N) is 1. The van der Waals surface area contributed by atoms with Crippen molar-refractivity contribution in [3.8, 4) is 0 Å². The van der Waals surface area contributed by atoms with Gasteiger partial charge in [0.15, 0.2) is 0 Å². The quantitative estimate of drug-likeness (QED) is 0.692. The Balaban J connectivity index is 1.62. The Morgan fingerprint density at radius 2 is 1.77 bits per heavy atom. The van der Waals surface area contributed by atoms with E-state index in [1.54, 1.807) is 0 Å². The second-order valence-corrected chi connectivity index (χ2v) is 8.41. The number of thiophene rings is 1. The standard InChI is InChI=1S/C18H22N2O5S/c19-15(21)12-8-4-2-1-3-5-11(8)26-17(12)20-16(22)13-9-6-7-10(25-9)14(13)18(23)24/h9-10,13-14H,1-7H2,(H2,19,21)(H,20,22)(H,23,24)/t9-,10-,13-,14+/m1/s1. The molecule has 1 aromatic rings. The average Bonchev–Trinajstić information content (AvgIpc) is 3.23. The highest BCUT2D eigenvalue weighted by Crippen LogP contribution is 2.45. The minimum absolute atomic E-state index is 0.365. The minimum Gasteiger partial charge on any atom is -0.481 e. The number of primary amides is 1. The molecule has 0 spiro atoms. The molecule has 8 heteroatoms. The molecule has 0 aromatic carbocycles. The van der Waals surface area contributed by atoms with Crippen molar-refractivity contribution in [1.29, 1.82) is 0 Å². The topological polar surface area (TPSA) is 119 Å². The molecule has 2 aliphatic heterocycles. The first-order valence-electron chi connectivity index (χ1n) is 9.11. The highest BCUT2D eigenvalue weighted by Gasteiger charge is 2.55. The van der Waals surface area contributed by atoms with Crippen LogP contribution < -0.4 is 11.1 Å². The predicted molar refractivity (Wildman–Crippen MR) is 95.2 cm³/mol. The molecule has 4 rings (SSSR count). The van der Waals surface area contributed by atoms with E-state index in [4.69, 9.17) is 10.5 Å². The average molecular weight is 378 g/mol. The third-order valence-electron chi connectivity index (χ3n) is 5.77. The van der Waals surface area contributed by atoms with Gasteiger partial charge in [0.05, 0.1) is 29.6 Å². The summed E-state index contributed by atoms with van der Waals surface area (Å²) >= 11 is 1.40. The van der Waals surface area contributed by atoms with Crippen LogP contribution >= 0.6 is 11.3 Å². The lowest BCUT2D eigenvalue weighted by Gasteiger charge is -2.23. The summed E-state index contributed by atoms with van der Waals surface area (Å²) < 4.78 is 5.66. The molecular weight excluding hydrogens is 356 g/mol. The number of ether oxygens (including phenoxy) is 1. The van der Waals surface area contributed by atoms with Crippen LogP contribution in [-0.2, 0) is 27.2 Å². The molecule has 2 bridgehead atoms. The SMILES string of the molecule is NC(=O)c1c(NC(=O)[C@H]2[C@@H](C(=O)O)[C@H]3CC[C@H]2O3)sc2c1CCCCC2. The van der Waals surface area contributed by atoms with Crippen LogP contribution in [0.5, 0.6) is 0 Å². The number of anilines is 1. The number of hydrogen-bond donors (Lipinski definition) is 3. The molecule has 0 unspecified atom stereocenters. The van der Waals surface area contributed by atoms with Gasteiger partial charge in [-0.1, -0.05) is 6.42 Å². The maximum absolute atomic E-state index is 12.9. The summed E-state index contributed by atoms with van der Waals surface area (Å²) in [5.74, 6) is -3.49. The summed E-state index contributed by atoms with van der Waals surface area (Å²) in [5.41, 5.74) is 6.95. The van der Waals surface area contributed by atoms with Gasteiger partial charge in [-0.15, -0.1) is 11.3 Å². The molecule has 1 aromatic heterocycles. The maximum Gasteiger partial charge on any atom is 0.310 e. The van der Waals surface area contributed by atoms with Gasteiger partial charge in [0.25, 0.3) is 5.91 Å². The van der Waals surface area contributed by atoms with E-state index in [-0.39, 0.29) is 12.0 Å². The molecule has 7 nitrogen and oxygen atoms in total. The Morgan fingerprint density at radius 3 is 2.46 bits per heavy atom. The van der Waals surface area contributed by atoms with Crippen molar-refractivity contribution in [2.24, 2.45) is 17.6 Å². The number of amides is 2. The van der Waals surface area contributed by atoms with E-state index in [2.05, 4.69) is 5.32 Å². The Labute approximate surface area is 154 Å². The third kappa shape index (κ3) is 2.81. The highest BCUT2D eigenvalue weighted by molar-refractivity contribution is 7.17. The van der Waals surface area contributed by atoms with E-state index in [0.717, 1.165) is 42.5 Å². The summed E-state index contributed by atoms with van der Waals surface area (Å²) in [5, 5.41) is 12.8. The molecular formula is C18H22N2O5S. The molecule has 4 atom stereocenters. The van der Waals surface area contributed by atoms with Crippen molar-refractivity contribution in [2.75, 3.05) is 5.32 Å². The second-order valence-electron chi connectivity index (χ2n) is 7.30. The van der Waals surface area contributed by atoms with Crippen molar-refractivity contribution in [1.82, 2.24) is 0 Å². The molecule has 3 aliphatic rings. The van der Waals surface area contributed by atoms with Crippen LogP contribution in [-0.4, -0.2) is 35.1 Å². The lowest BCUT2D eigenvalue weighted by molar-refractivity contribution is -0.147. The molecule has 1 aliphatic carbocycles. The largest absolute Gasteiger partial charge is 0.481 e. The number of hydrogen-bond acceptors (Lipinski definition) is 5. The van der Waals surface area contributed by atoms with Gasteiger partial charge in [0, 0.05) is 4.88 Å². The first-order valence-corrected chi connectivity index (χ1v) is 9.92. The van der Waals surface area contributed by atoms with E-state index >= 15 is 0 Å². The lowest BCUT2D eigenvalue weighted by Crippen LogP contribution is -2.41. The predicted octanol–water partition coefficient (Wildman–Crippen LogP) is 1.93. The van der Waals surface area contributed by atoms with E-state index in [1.165, 1.54) is 11.3 Å². The number of carbonyl (C=O) groups is 3. The van der Waals surface area contributed by atoms with Gasteiger partial charge in [-0.25, -0.2) is 0 Å². The molecule has 2 amide bonds. The number of carboxylic acid groups (broad SMARTS) is 1. The number of carboxylic acids is 1. The minimum atomic E-state index is -1.01. The van der Waals surface area contributed by atoms with Gasteiger partial charge in [0.2, 0.25) is 5.91 Å². The van der Waals surface area contributed by atoms with Crippen LogP contribution in [0.3, 0.4) is 0 Å². The fraction of sp³-hybridized carbons (Fsp3) is 0.611. The van der Waals surface area contributed by atoms with Gasteiger partial charge in [-0.05, 0) is 44.1 Å². The molecule has 2 fully saturated rings. The van der Waals surface area contributed by atoms with Crippen LogP contribution in [0.15, 0.2) is 0 Å². The zero-order chi connectivity index (χ0) is 18.4. The number of aliphatic carboxylic acids is 1. The van der Waals surface area contributed by atoms with E-state index in [9.17, 15) is 19.5 Å². The van der Waals surface area contributed by atoms with Gasteiger partial charge < -0.3 is 20.9 Å². The molecule has 2 saturated heterocycles. The van der Waals surface area contributed by atoms with Crippen molar-refractivity contribution in [3.63, 3.8) is 0 Å². The van der Waals surface area contributed by atoms with Gasteiger partial charge in [-0.2, -0.15) is 0 Å². The number of nitrogens with two attached hydrogens (primary N) is 1. The fourth-order valence-electron chi connectivity index (χ4n) is 4.61. The van der Waals surface area contributed by atoms with E-state index in [0.29, 0.717) is 23.4 Å². The van der Waals surface area contributed by atoms with Crippen molar-refractivity contribution < 1.29 is 24.2 Å². The normalized spacial score (nSPS) is 29.8. The number of rotatable bonds is 4. The number of aryl methyl sites for hydroxylation is 1.